The number of ether oxygens (including phenoxy) is 1. The Morgan fingerprint density at radius 1 is 1.21 bits per heavy atom. The van der Waals surface area contributed by atoms with E-state index in [4.69, 9.17) is 9.72 Å². The lowest BCUT2D eigenvalue weighted by molar-refractivity contribution is -0.115. The highest BCUT2D eigenvalue weighted by Crippen LogP contribution is 2.34. The fourth-order valence-corrected chi connectivity index (χ4v) is 4.15. The van der Waals surface area contributed by atoms with Crippen LogP contribution in [-0.2, 0) is 15.1 Å². The number of rotatable bonds is 4. The summed E-state index contributed by atoms with van der Waals surface area (Å²) in [5.74, 6) is 1.20. The number of amides is 1. The largest absolute Gasteiger partial charge is 0.386 e. The number of aliphatic hydroxyl groups is 1. The molecule has 0 saturated heterocycles. The fraction of sp³-hybridized carbons (Fsp3) is 0.500. The van der Waals surface area contributed by atoms with Gasteiger partial charge in [0.15, 0.2) is 11.6 Å². The number of hydrogen-bond donors (Lipinski definition) is 2. The van der Waals surface area contributed by atoms with Crippen molar-refractivity contribution in [1.29, 1.82) is 0 Å². The van der Waals surface area contributed by atoms with Crippen molar-refractivity contribution in [3.63, 3.8) is 0 Å². The van der Waals surface area contributed by atoms with Crippen molar-refractivity contribution >= 4 is 17.5 Å². The third kappa shape index (κ3) is 4.11. The zero-order chi connectivity index (χ0) is 20.6. The van der Waals surface area contributed by atoms with Gasteiger partial charge in [0, 0.05) is 20.1 Å². The second-order valence-corrected chi connectivity index (χ2v) is 8.41. The van der Waals surface area contributed by atoms with Gasteiger partial charge in [-0.2, -0.15) is 0 Å². The van der Waals surface area contributed by atoms with E-state index in [2.05, 4.69) is 15.2 Å². The third-order valence-corrected chi connectivity index (χ3v) is 5.90. The Morgan fingerprint density at radius 3 is 2.52 bits per heavy atom. The third-order valence-electron chi connectivity index (χ3n) is 5.90. The van der Waals surface area contributed by atoms with Gasteiger partial charge < -0.3 is 20.1 Å². The first-order valence-corrected chi connectivity index (χ1v) is 10.1. The summed E-state index contributed by atoms with van der Waals surface area (Å²) in [6, 6.07) is 7.95. The average Bonchev–Trinajstić information content (AvgIpc) is 2.72. The number of carbonyl (C=O) groups excluding carboxylic acids is 1. The standard InChI is InChI=1S/C22H28N4O3.H2/c1-22(2,28)15-6-4-14(5-7-15)18-12-23-20-21(24-18)26(13-19(27)25-20)16-8-10-17(29-3)11-9-16;/h4-7,12,16-17,28H,8-11,13H2,1-3H3,(H,23,25,27);1H. The van der Waals surface area contributed by atoms with Gasteiger partial charge in [-0.05, 0) is 45.1 Å². The predicted molar refractivity (Wildman–Crippen MR) is 114 cm³/mol. The molecule has 0 bridgehead atoms. The molecule has 2 N–H and O–H groups in total. The number of carbonyl (C=O) groups is 1. The minimum absolute atomic E-state index is 0. The molecule has 29 heavy (non-hydrogen) atoms. The van der Waals surface area contributed by atoms with E-state index in [1.54, 1.807) is 27.2 Å². The molecular formula is C22H30N4O3. The first-order chi connectivity index (χ1) is 13.8. The molecule has 2 aromatic rings. The molecule has 2 aliphatic rings. The quantitative estimate of drug-likeness (QED) is 0.821. The molecule has 0 atom stereocenters. The lowest BCUT2D eigenvalue weighted by Crippen LogP contribution is -2.47. The average molecular weight is 399 g/mol. The summed E-state index contributed by atoms with van der Waals surface area (Å²) in [6.45, 7) is 3.82. The summed E-state index contributed by atoms with van der Waals surface area (Å²) < 4.78 is 5.48. The van der Waals surface area contributed by atoms with Gasteiger partial charge in [-0.1, -0.05) is 24.3 Å². The highest BCUT2D eigenvalue weighted by Gasteiger charge is 2.33. The topological polar surface area (TPSA) is 87.6 Å². The summed E-state index contributed by atoms with van der Waals surface area (Å²) in [5.41, 5.74) is 1.63. The van der Waals surface area contributed by atoms with Crippen LogP contribution in [0.15, 0.2) is 30.5 Å². The van der Waals surface area contributed by atoms with Gasteiger partial charge in [-0.25, -0.2) is 9.97 Å². The van der Waals surface area contributed by atoms with Crippen LogP contribution in [-0.4, -0.2) is 46.8 Å². The monoisotopic (exact) mass is 398 g/mol. The smallest absolute Gasteiger partial charge is 0.245 e. The minimum Gasteiger partial charge on any atom is -0.386 e. The number of nitrogens with one attached hydrogen (secondary N) is 1. The van der Waals surface area contributed by atoms with Crippen LogP contribution in [0.3, 0.4) is 0 Å². The Kier molecular flexibility index (Phi) is 5.27. The van der Waals surface area contributed by atoms with Crippen molar-refractivity contribution in [2.24, 2.45) is 0 Å². The zero-order valence-electron chi connectivity index (χ0n) is 17.2. The first kappa shape index (κ1) is 19.8. The van der Waals surface area contributed by atoms with Crippen molar-refractivity contribution in [1.82, 2.24) is 9.97 Å². The van der Waals surface area contributed by atoms with Crippen molar-refractivity contribution in [2.45, 2.75) is 57.3 Å². The summed E-state index contributed by atoms with van der Waals surface area (Å²) in [4.78, 5) is 23.7. The first-order valence-electron chi connectivity index (χ1n) is 10.1. The van der Waals surface area contributed by atoms with Crippen LogP contribution in [0.5, 0.6) is 0 Å². The van der Waals surface area contributed by atoms with Crippen molar-refractivity contribution in [2.75, 3.05) is 23.9 Å². The van der Waals surface area contributed by atoms with Gasteiger partial charge in [0.1, 0.15) is 0 Å². The van der Waals surface area contributed by atoms with E-state index in [0.29, 0.717) is 18.5 Å². The maximum atomic E-state index is 12.2. The normalized spacial score (nSPS) is 22.2. The van der Waals surface area contributed by atoms with E-state index >= 15 is 0 Å². The van der Waals surface area contributed by atoms with Gasteiger partial charge in [0.25, 0.3) is 0 Å². The van der Waals surface area contributed by atoms with E-state index in [1.165, 1.54) is 0 Å². The second kappa shape index (κ2) is 7.72. The van der Waals surface area contributed by atoms with Gasteiger partial charge >= 0.3 is 0 Å². The maximum absolute atomic E-state index is 12.2. The molecule has 1 fully saturated rings. The van der Waals surface area contributed by atoms with Crippen LogP contribution in [0.1, 0.15) is 46.5 Å². The van der Waals surface area contributed by atoms with E-state index < -0.39 is 5.60 Å². The summed E-state index contributed by atoms with van der Waals surface area (Å²) in [7, 11) is 1.76. The molecule has 2 heterocycles. The predicted octanol–water partition coefficient (Wildman–Crippen LogP) is 3.33. The zero-order valence-corrected chi connectivity index (χ0v) is 17.2. The summed E-state index contributed by atoms with van der Waals surface area (Å²) >= 11 is 0. The summed E-state index contributed by atoms with van der Waals surface area (Å²) in [5, 5.41) is 13.0. The molecule has 1 aliphatic heterocycles. The van der Waals surface area contributed by atoms with E-state index in [1.807, 2.05) is 24.3 Å². The van der Waals surface area contributed by atoms with Crippen LogP contribution >= 0.6 is 0 Å². The van der Waals surface area contributed by atoms with Crippen LogP contribution < -0.4 is 10.2 Å². The number of hydrogen-bond acceptors (Lipinski definition) is 6. The molecule has 1 amide bonds. The maximum Gasteiger partial charge on any atom is 0.245 e. The van der Waals surface area contributed by atoms with E-state index in [9.17, 15) is 9.90 Å². The Balaban J connectivity index is 0.00000256. The number of benzene rings is 1. The van der Waals surface area contributed by atoms with Crippen LogP contribution in [0, 0.1) is 0 Å². The number of nitrogens with zero attached hydrogens (tertiary/aromatic N) is 3. The van der Waals surface area contributed by atoms with Gasteiger partial charge in [0.05, 0.1) is 30.1 Å². The molecule has 0 radical (unpaired) electrons. The van der Waals surface area contributed by atoms with Gasteiger partial charge in [0.2, 0.25) is 5.91 Å². The van der Waals surface area contributed by atoms with Gasteiger partial charge in [-0.3, -0.25) is 4.79 Å². The van der Waals surface area contributed by atoms with Crippen LogP contribution in [0.4, 0.5) is 11.6 Å². The van der Waals surface area contributed by atoms with E-state index in [-0.39, 0.29) is 13.4 Å². The molecular weight excluding hydrogens is 368 g/mol. The molecule has 1 saturated carbocycles. The molecule has 7 heteroatoms. The number of methoxy groups -OCH3 is 1. The molecule has 4 rings (SSSR count). The molecule has 1 aliphatic carbocycles. The van der Waals surface area contributed by atoms with Crippen molar-refractivity contribution < 1.29 is 16.1 Å². The van der Waals surface area contributed by atoms with Crippen molar-refractivity contribution in [3.8, 4) is 11.3 Å². The molecule has 0 unspecified atom stereocenters. The Morgan fingerprint density at radius 2 is 1.90 bits per heavy atom. The Hall–Kier alpha value is -2.51. The molecule has 7 nitrogen and oxygen atoms in total. The summed E-state index contributed by atoms with van der Waals surface area (Å²) in [6.07, 6.45) is 5.90. The minimum atomic E-state index is -0.887. The van der Waals surface area contributed by atoms with Crippen LogP contribution in [0.2, 0.25) is 0 Å². The lowest BCUT2D eigenvalue weighted by atomic mass is 9.91. The lowest BCUT2D eigenvalue weighted by Gasteiger charge is -2.39. The van der Waals surface area contributed by atoms with Gasteiger partial charge in [-0.15, -0.1) is 0 Å². The Bertz CT molecular complexity index is 890. The fourth-order valence-electron chi connectivity index (χ4n) is 4.15. The molecule has 156 valence electrons. The molecule has 1 aromatic heterocycles. The molecule has 0 spiro atoms. The second-order valence-electron chi connectivity index (χ2n) is 8.41. The van der Waals surface area contributed by atoms with Crippen LogP contribution in [0.25, 0.3) is 11.3 Å². The number of fused-ring (bicyclic) bond motifs is 1. The van der Waals surface area contributed by atoms with Crippen molar-refractivity contribution in [3.05, 3.63) is 36.0 Å². The number of aromatic nitrogens is 2. The Labute approximate surface area is 172 Å². The van der Waals surface area contributed by atoms with E-state index in [0.717, 1.165) is 48.3 Å². The number of anilines is 2. The molecule has 1 aromatic carbocycles. The highest BCUT2D eigenvalue weighted by molar-refractivity contribution is 5.99. The highest BCUT2D eigenvalue weighted by atomic mass is 16.5. The SMILES string of the molecule is COC1CCC(N2CC(=O)Nc3ncc(-c4ccc(C(C)(C)O)cc4)nc32)CC1.[HH].